The van der Waals surface area contributed by atoms with Crippen LogP contribution in [-0.2, 0) is 10.0 Å². The van der Waals surface area contributed by atoms with Gasteiger partial charge in [0.1, 0.15) is 4.90 Å². The van der Waals surface area contributed by atoms with Gasteiger partial charge in [-0.1, -0.05) is 22.9 Å². The van der Waals surface area contributed by atoms with E-state index in [2.05, 4.69) is 15.9 Å². The molecule has 1 heterocycles. The largest absolute Gasteiger partial charge is 0.398 e. The van der Waals surface area contributed by atoms with E-state index in [1.807, 2.05) is 13.8 Å². The summed E-state index contributed by atoms with van der Waals surface area (Å²) < 4.78 is 28.0. The molecule has 0 spiro atoms. The lowest BCUT2D eigenvalue weighted by atomic mass is 10.2. The van der Waals surface area contributed by atoms with Crippen LogP contribution in [0.1, 0.15) is 33.1 Å². The molecular formula is C13H19BrN2O2S. The monoisotopic (exact) mass is 346 g/mol. The Kier molecular flexibility index (Phi) is 4.23. The van der Waals surface area contributed by atoms with E-state index in [4.69, 9.17) is 5.73 Å². The minimum Gasteiger partial charge on any atom is -0.398 e. The Hall–Kier alpha value is -0.590. The van der Waals surface area contributed by atoms with Gasteiger partial charge >= 0.3 is 0 Å². The molecular weight excluding hydrogens is 328 g/mol. The summed E-state index contributed by atoms with van der Waals surface area (Å²) in [4.78, 5) is 0.203. The summed E-state index contributed by atoms with van der Waals surface area (Å²) in [5.74, 6) is 0. The van der Waals surface area contributed by atoms with Crippen molar-refractivity contribution < 1.29 is 8.42 Å². The topological polar surface area (TPSA) is 63.4 Å². The molecule has 0 radical (unpaired) electrons. The van der Waals surface area contributed by atoms with E-state index in [1.54, 1.807) is 22.5 Å². The van der Waals surface area contributed by atoms with Gasteiger partial charge in [-0.15, -0.1) is 0 Å². The number of nitrogens with two attached hydrogens (primary N) is 1. The highest BCUT2D eigenvalue weighted by Gasteiger charge is 2.39. The lowest BCUT2D eigenvalue weighted by Gasteiger charge is -2.27. The van der Waals surface area contributed by atoms with Crippen molar-refractivity contribution in [1.82, 2.24) is 4.31 Å². The normalized spacial score (nSPS) is 24.8. The predicted octanol–water partition coefficient (Wildman–Crippen LogP) is 2.98. The summed E-state index contributed by atoms with van der Waals surface area (Å²) in [6.45, 7) is 3.98. The molecule has 1 aromatic rings. The average molecular weight is 347 g/mol. The molecule has 2 atom stereocenters. The number of anilines is 1. The molecule has 106 valence electrons. The van der Waals surface area contributed by atoms with Gasteiger partial charge in [-0.2, -0.15) is 4.31 Å². The molecule has 0 aromatic heterocycles. The lowest BCUT2D eigenvalue weighted by molar-refractivity contribution is 0.329. The highest BCUT2D eigenvalue weighted by atomic mass is 79.9. The van der Waals surface area contributed by atoms with Crippen molar-refractivity contribution in [3.63, 3.8) is 0 Å². The van der Waals surface area contributed by atoms with Gasteiger partial charge in [-0.25, -0.2) is 8.42 Å². The van der Waals surface area contributed by atoms with E-state index in [0.717, 1.165) is 23.7 Å². The van der Waals surface area contributed by atoms with Crippen molar-refractivity contribution in [2.24, 2.45) is 0 Å². The van der Waals surface area contributed by atoms with E-state index in [1.165, 1.54) is 0 Å². The molecule has 4 nitrogen and oxygen atoms in total. The van der Waals surface area contributed by atoms with Gasteiger partial charge in [0.2, 0.25) is 10.0 Å². The number of hydrogen-bond acceptors (Lipinski definition) is 3. The van der Waals surface area contributed by atoms with Gasteiger partial charge in [-0.3, -0.25) is 0 Å². The Labute approximate surface area is 123 Å². The van der Waals surface area contributed by atoms with E-state index in [-0.39, 0.29) is 17.0 Å². The molecule has 1 aliphatic heterocycles. The zero-order chi connectivity index (χ0) is 14.2. The summed E-state index contributed by atoms with van der Waals surface area (Å²) in [6, 6.07) is 5.08. The third-order valence-corrected chi connectivity index (χ3v) is 6.33. The van der Waals surface area contributed by atoms with Crippen LogP contribution in [0.5, 0.6) is 0 Å². The maximum absolute atomic E-state index is 12.8. The standard InChI is InChI=1S/C13H19BrN2O2S/c1-3-11-6-4-9(2)16(11)19(17,18)13-8-10(14)5-7-12(13)15/h5,7-9,11H,3-4,6,15H2,1-2H3. The van der Waals surface area contributed by atoms with Gasteiger partial charge in [0, 0.05) is 16.6 Å². The smallest absolute Gasteiger partial charge is 0.245 e. The maximum Gasteiger partial charge on any atom is 0.245 e. The van der Waals surface area contributed by atoms with Crippen LogP contribution in [0.25, 0.3) is 0 Å². The number of rotatable bonds is 3. The van der Waals surface area contributed by atoms with Crippen LogP contribution in [0.2, 0.25) is 0 Å². The first-order chi connectivity index (χ1) is 8.87. The zero-order valence-corrected chi connectivity index (χ0v) is 13.5. The van der Waals surface area contributed by atoms with Crippen molar-refractivity contribution in [2.75, 3.05) is 5.73 Å². The fraction of sp³-hybridized carbons (Fsp3) is 0.538. The van der Waals surface area contributed by atoms with Crippen LogP contribution in [0, 0.1) is 0 Å². The number of sulfonamides is 1. The van der Waals surface area contributed by atoms with Crippen LogP contribution in [0.4, 0.5) is 5.69 Å². The van der Waals surface area contributed by atoms with Crippen molar-refractivity contribution >= 4 is 31.6 Å². The molecule has 0 bridgehead atoms. The molecule has 1 aromatic carbocycles. The maximum atomic E-state index is 12.8. The van der Waals surface area contributed by atoms with Crippen molar-refractivity contribution in [1.29, 1.82) is 0 Å². The van der Waals surface area contributed by atoms with Gasteiger partial charge in [0.25, 0.3) is 0 Å². The molecule has 2 N–H and O–H groups in total. The number of hydrogen-bond donors (Lipinski definition) is 1. The molecule has 0 amide bonds. The highest BCUT2D eigenvalue weighted by molar-refractivity contribution is 9.10. The third kappa shape index (κ3) is 2.66. The summed E-state index contributed by atoms with van der Waals surface area (Å²) in [6.07, 6.45) is 2.66. The molecule has 0 saturated carbocycles. The van der Waals surface area contributed by atoms with E-state index in [9.17, 15) is 8.42 Å². The SMILES string of the molecule is CCC1CCC(C)N1S(=O)(=O)c1cc(Br)ccc1N. The number of halogens is 1. The van der Waals surface area contributed by atoms with E-state index in [0.29, 0.717) is 5.69 Å². The van der Waals surface area contributed by atoms with Crippen LogP contribution < -0.4 is 5.73 Å². The van der Waals surface area contributed by atoms with Crippen LogP contribution in [0.15, 0.2) is 27.6 Å². The number of nitrogens with zero attached hydrogens (tertiary/aromatic N) is 1. The predicted molar refractivity (Wildman–Crippen MR) is 80.4 cm³/mol. The van der Waals surface area contributed by atoms with Crippen molar-refractivity contribution in [3.05, 3.63) is 22.7 Å². The highest BCUT2D eigenvalue weighted by Crippen LogP contribution is 2.35. The van der Waals surface area contributed by atoms with Crippen LogP contribution >= 0.6 is 15.9 Å². The second kappa shape index (κ2) is 5.42. The first-order valence-corrected chi connectivity index (χ1v) is 8.69. The summed E-state index contributed by atoms with van der Waals surface area (Å²) in [5.41, 5.74) is 6.15. The summed E-state index contributed by atoms with van der Waals surface area (Å²) in [7, 11) is -3.52. The summed E-state index contributed by atoms with van der Waals surface area (Å²) >= 11 is 3.31. The first kappa shape index (κ1) is 14.8. The Balaban J connectivity index is 2.50. The minimum absolute atomic E-state index is 0.0355. The first-order valence-electron chi connectivity index (χ1n) is 6.46. The van der Waals surface area contributed by atoms with E-state index >= 15 is 0 Å². The Morgan fingerprint density at radius 1 is 1.42 bits per heavy atom. The number of benzene rings is 1. The van der Waals surface area contributed by atoms with Gasteiger partial charge < -0.3 is 5.73 Å². The molecule has 1 saturated heterocycles. The van der Waals surface area contributed by atoms with Gasteiger partial charge in [0.15, 0.2) is 0 Å². The van der Waals surface area contributed by atoms with Crippen molar-refractivity contribution in [2.45, 2.75) is 50.1 Å². The molecule has 1 fully saturated rings. The van der Waals surface area contributed by atoms with Crippen LogP contribution in [-0.4, -0.2) is 24.8 Å². The molecule has 1 aliphatic rings. The second-order valence-electron chi connectivity index (χ2n) is 5.01. The molecule has 19 heavy (non-hydrogen) atoms. The Morgan fingerprint density at radius 3 is 2.74 bits per heavy atom. The molecule has 2 unspecified atom stereocenters. The zero-order valence-electron chi connectivity index (χ0n) is 11.1. The Morgan fingerprint density at radius 2 is 2.11 bits per heavy atom. The minimum atomic E-state index is -3.52. The van der Waals surface area contributed by atoms with Crippen LogP contribution in [0.3, 0.4) is 0 Å². The molecule has 6 heteroatoms. The molecule has 0 aliphatic carbocycles. The average Bonchev–Trinajstić information content (AvgIpc) is 2.74. The molecule has 2 rings (SSSR count). The van der Waals surface area contributed by atoms with Crippen molar-refractivity contribution in [3.8, 4) is 0 Å². The Bertz CT molecular complexity index is 574. The fourth-order valence-electron chi connectivity index (χ4n) is 2.71. The lowest BCUT2D eigenvalue weighted by Crippen LogP contribution is -2.39. The second-order valence-corrected chi connectivity index (χ2v) is 7.73. The van der Waals surface area contributed by atoms with Gasteiger partial charge in [0.05, 0.1) is 5.69 Å². The van der Waals surface area contributed by atoms with Gasteiger partial charge in [-0.05, 0) is 44.4 Å². The summed E-state index contributed by atoms with van der Waals surface area (Å²) in [5, 5.41) is 0. The number of nitrogen functional groups attached to an aromatic ring is 1. The quantitative estimate of drug-likeness (QED) is 0.855. The van der Waals surface area contributed by atoms with E-state index < -0.39 is 10.0 Å². The third-order valence-electron chi connectivity index (χ3n) is 3.71. The fourth-order valence-corrected chi connectivity index (χ4v) is 5.32.